The van der Waals surface area contributed by atoms with E-state index in [9.17, 15) is 9.59 Å². The number of carboxylic acid groups (broad SMARTS) is 1. The number of carboxylic acids is 1. The van der Waals surface area contributed by atoms with Gasteiger partial charge in [0.1, 0.15) is 5.69 Å². The summed E-state index contributed by atoms with van der Waals surface area (Å²) in [7, 11) is 1.61. The van der Waals surface area contributed by atoms with Crippen LogP contribution in [0, 0.1) is 0 Å². The molecular weight excluding hydrogens is 272 g/mol. The number of nitrogens with zero attached hydrogens (tertiary/aromatic N) is 2. The highest BCUT2D eigenvalue weighted by atomic mass is 16.5. The second-order valence-corrected chi connectivity index (χ2v) is 4.87. The first-order valence-corrected chi connectivity index (χ1v) is 6.79. The number of aromatic nitrogens is 1. The molecule has 0 aromatic carbocycles. The predicted octanol–water partition coefficient (Wildman–Crippen LogP) is 1.43. The minimum atomic E-state index is -1.02. The Kier molecular flexibility index (Phi) is 5.05. The molecule has 2 rings (SSSR count). The molecule has 1 aromatic rings. The van der Waals surface area contributed by atoms with E-state index in [4.69, 9.17) is 9.84 Å². The third-order valence-electron chi connectivity index (χ3n) is 3.21. The molecule has 1 heterocycles. The molecule has 6 heteroatoms. The Hall–Kier alpha value is -2.21. The third kappa shape index (κ3) is 4.39. The molecule has 112 valence electrons. The van der Waals surface area contributed by atoms with Crippen molar-refractivity contribution in [3.05, 3.63) is 35.7 Å². The third-order valence-corrected chi connectivity index (χ3v) is 3.21. The maximum absolute atomic E-state index is 12.4. The number of methoxy groups -OCH3 is 1. The lowest BCUT2D eigenvalue weighted by Gasteiger charge is -2.21. The van der Waals surface area contributed by atoms with Crippen LogP contribution in [0.5, 0.6) is 0 Å². The molecule has 0 aliphatic heterocycles. The summed E-state index contributed by atoms with van der Waals surface area (Å²) in [6.45, 7) is 1.06. The van der Waals surface area contributed by atoms with Crippen molar-refractivity contribution in [1.82, 2.24) is 9.88 Å². The van der Waals surface area contributed by atoms with Gasteiger partial charge < -0.3 is 14.7 Å². The Morgan fingerprint density at radius 3 is 2.76 bits per heavy atom. The van der Waals surface area contributed by atoms with Crippen molar-refractivity contribution >= 4 is 18.0 Å². The van der Waals surface area contributed by atoms with Crippen LogP contribution in [-0.4, -0.2) is 53.2 Å². The number of ether oxygens (including phenoxy) is 1. The minimum Gasteiger partial charge on any atom is -0.478 e. The Balaban J connectivity index is 2.05. The zero-order valence-corrected chi connectivity index (χ0v) is 11.9. The van der Waals surface area contributed by atoms with Crippen LogP contribution in [0.1, 0.15) is 28.9 Å². The fraction of sp³-hybridized carbons (Fsp3) is 0.400. The quantitative estimate of drug-likeness (QED) is 0.768. The molecule has 0 spiro atoms. The van der Waals surface area contributed by atoms with Crippen LogP contribution < -0.4 is 0 Å². The van der Waals surface area contributed by atoms with Gasteiger partial charge in [-0.25, -0.2) is 4.79 Å². The molecule has 0 saturated heterocycles. The van der Waals surface area contributed by atoms with Crippen LogP contribution in [0.3, 0.4) is 0 Å². The van der Waals surface area contributed by atoms with Crippen molar-refractivity contribution in [2.24, 2.45) is 0 Å². The van der Waals surface area contributed by atoms with E-state index in [0.29, 0.717) is 30.5 Å². The minimum absolute atomic E-state index is 0.108. The van der Waals surface area contributed by atoms with Gasteiger partial charge in [-0.15, -0.1) is 0 Å². The first-order valence-electron chi connectivity index (χ1n) is 6.79. The van der Waals surface area contributed by atoms with E-state index in [1.807, 2.05) is 0 Å². The maximum atomic E-state index is 12.4. The SMILES string of the molecule is COCCN(C(=O)c1ccc(C=CC(=O)O)cn1)C1CC1. The van der Waals surface area contributed by atoms with Gasteiger partial charge in [0.2, 0.25) is 0 Å². The average molecular weight is 290 g/mol. The van der Waals surface area contributed by atoms with Gasteiger partial charge in [-0.3, -0.25) is 9.78 Å². The highest BCUT2D eigenvalue weighted by Crippen LogP contribution is 2.27. The molecule has 1 aliphatic rings. The van der Waals surface area contributed by atoms with Gasteiger partial charge in [-0.1, -0.05) is 6.07 Å². The van der Waals surface area contributed by atoms with Gasteiger partial charge in [0.15, 0.2) is 0 Å². The summed E-state index contributed by atoms with van der Waals surface area (Å²) in [5.41, 5.74) is 1.01. The lowest BCUT2D eigenvalue weighted by molar-refractivity contribution is -0.131. The van der Waals surface area contributed by atoms with Gasteiger partial charge in [0.05, 0.1) is 6.61 Å². The molecule has 1 saturated carbocycles. The topological polar surface area (TPSA) is 79.7 Å². The first kappa shape index (κ1) is 15.2. The monoisotopic (exact) mass is 290 g/mol. The number of pyridine rings is 1. The summed E-state index contributed by atoms with van der Waals surface area (Å²) < 4.78 is 5.03. The van der Waals surface area contributed by atoms with E-state index in [1.165, 1.54) is 12.3 Å². The van der Waals surface area contributed by atoms with Gasteiger partial charge in [0.25, 0.3) is 5.91 Å². The lowest BCUT2D eigenvalue weighted by atomic mass is 10.2. The normalized spacial score (nSPS) is 14.3. The van der Waals surface area contributed by atoms with Crippen LogP contribution in [0.4, 0.5) is 0 Å². The number of carbonyl (C=O) groups is 2. The van der Waals surface area contributed by atoms with Crippen molar-refractivity contribution in [2.45, 2.75) is 18.9 Å². The molecule has 0 atom stereocenters. The van der Waals surface area contributed by atoms with E-state index in [2.05, 4.69) is 4.98 Å². The highest BCUT2D eigenvalue weighted by Gasteiger charge is 2.33. The molecule has 0 bridgehead atoms. The Morgan fingerprint density at radius 2 is 2.24 bits per heavy atom. The van der Waals surface area contributed by atoms with Crippen molar-refractivity contribution < 1.29 is 19.4 Å². The van der Waals surface area contributed by atoms with Gasteiger partial charge in [-0.05, 0) is 30.5 Å². The molecule has 6 nitrogen and oxygen atoms in total. The van der Waals surface area contributed by atoms with Gasteiger partial charge in [-0.2, -0.15) is 0 Å². The summed E-state index contributed by atoms with van der Waals surface area (Å²) in [6, 6.07) is 3.59. The molecule has 1 aromatic heterocycles. The number of hydrogen-bond acceptors (Lipinski definition) is 4. The Labute approximate surface area is 123 Å². The van der Waals surface area contributed by atoms with Gasteiger partial charge >= 0.3 is 5.97 Å². The average Bonchev–Trinajstić information content (AvgIpc) is 3.30. The second kappa shape index (κ2) is 6.99. The molecule has 1 N–H and O–H groups in total. The fourth-order valence-electron chi connectivity index (χ4n) is 1.97. The van der Waals surface area contributed by atoms with E-state index in [-0.39, 0.29) is 5.91 Å². The summed E-state index contributed by atoms with van der Waals surface area (Å²) >= 11 is 0. The lowest BCUT2D eigenvalue weighted by Crippen LogP contribution is -2.36. The van der Waals surface area contributed by atoms with Crippen molar-refractivity contribution in [1.29, 1.82) is 0 Å². The number of amides is 1. The molecular formula is C15H18N2O4. The smallest absolute Gasteiger partial charge is 0.328 e. The van der Waals surface area contributed by atoms with Gasteiger partial charge in [0, 0.05) is 32.0 Å². The largest absolute Gasteiger partial charge is 0.478 e. The summed E-state index contributed by atoms with van der Waals surface area (Å²) in [4.78, 5) is 28.8. The summed E-state index contributed by atoms with van der Waals surface area (Å²) in [6.07, 6.45) is 6.01. The van der Waals surface area contributed by atoms with Crippen LogP contribution >= 0.6 is 0 Å². The van der Waals surface area contributed by atoms with E-state index in [1.54, 1.807) is 24.1 Å². The Morgan fingerprint density at radius 1 is 1.48 bits per heavy atom. The molecule has 1 amide bonds. The van der Waals surface area contributed by atoms with Crippen molar-refractivity contribution in [3.8, 4) is 0 Å². The standard InChI is InChI=1S/C15H18N2O4/c1-21-9-8-17(12-4-5-12)15(20)13-6-2-11(10-16-13)3-7-14(18)19/h2-3,6-7,10,12H,4-5,8-9H2,1H3,(H,18,19). The maximum Gasteiger partial charge on any atom is 0.328 e. The zero-order valence-electron chi connectivity index (χ0n) is 11.9. The number of aliphatic carboxylic acids is 1. The van der Waals surface area contributed by atoms with Crippen LogP contribution in [-0.2, 0) is 9.53 Å². The van der Waals surface area contributed by atoms with E-state index >= 15 is 0 Å². The second-order valence-electron chi connectivity index (χ2n) is 4.87. The van der Waals surface area contributed by atoms with Crippen LogP contribution in [0.15, 0.2) is 24.4 Å². The fourth-order valence-corrected chi connectivity index (χ4v) is 1.97. The zero-order chi connectivity index (χ0) is 15.2. The highest BCUT2D eigenvalue weighted by molar-refractivity contribution is 5.93. The predicted molar refractivity (Wildman–Crippen MR) is 76.8 cm³/mol. The molecule has 0 radical (unpaired) electrons. The molecule has 1 aliphatic carbocycles. The van der Waals surface area contributed by atoms with Crippen molar-refractivity contribution in [2.75, 3.05) is 20.3 Å². The molecule has 21 heavy (non-hydrogen) atoms. The van der Waals surface area contributed by atoms with E-state index in [0.717, 1.165) is 18.9 Å². The summed E-state index contributed by atoms with van der Waals surface area (Å²) in [5, 5.41) is 8.56. The van der Waals surface area contributed by atoms with Crippen LogP contribution in [0.2, 0.25) is 0 Å². The number of hydrogen-bond donors (Lipinski definition) is 1. The van der Waals surface area contributed by atoms with Crippen molar-refractivity contribution in [3.63, 3.8) is 0 Å². The number of carbonyl (C=O) groups excluding carboxylic acids is 1. The van der Waals surface area contributed by atoms with Crippen LogP contribution in [0.25, 0.3) is 6.08 Å². The summed E-state index contributed by atoms with van der Waals surface area (Å²) in [5.74, 6) is -1.13. The number of rotatable bonds is 7. The first-order chi connectivity index (χ1) is 10.1. The molecule has 0 unspecified atom stereocenters. The Bertz CT molecular complexity index is 535. The van der Waals surface area contributed by atoms with E-state index < -0.39 is 5.97 Å². The molecule has 1 fully saturated rings.